The van der Waals surface area contributed by atoms with Crippen LogP contribution >= 0.6 is 11.3 Å². The van der Waals surface area contributed by atoms with E-state index >= 15 is 0 Å². The van der Waals surface area contributed by atoms with Crippen molar-refractivity contribution in [3.8, 4) is 0 Å². The molecule has 4 aromatic rings. The third-order valence-corrected chi connectivity index (χ3v) is 9.52. The summed E-state index contributed by atoms with van der Waals surface area (Å²) in [5.74, 6) is -0.581. The monoisotopic (exact) mass is 568 g/mol. The summed E-state index contributed by atoms with van der Waals surface area (Å²) in [5, 5.41) is 12.0. The lowest BCUT2D eigenvalue weighted by Crippen LogP contribution is -2.55. The molecule has 3 N–H and O–H groups in total. The van der Waals surface area contributed by atoms with Crippen molar-refractivity contribution >= 4 is 45.1 Å². The number of thiazole rings is 1. The van der Waals surface area contributed by atoms with E-state index in [1.54, 1.807) is 11.4 Å². The highest BCUT2D eigenvalue weighted by molar-refractivity contribution is 7.14. The highest BCUT2D eigenvalue weighted by Gasteiger charge is 2.44. The first-order valence-electron chi connectivity index (χ1n) is 14.3. The van der Waals surface area contributed by atoms with Gasteiger partial charge < -0.3 is 15.2 Å². The molecule has 3 aliphatic rings. The Labute approximate surface area is 241 Å². The summed E-state index contributed by atoms with van der Waals surface area (Å²) >= 11 is 1.24. The number of aromatic nitrogens is 2. The van der Waals surface area contributed by atoms with E-state index in [4.69, 9.17) is 0 Å². The van der Waals surface area contributed by atoms with E-state index in [-0.39, 0.29) is 29.3 Å². The van der Waals surface area contributed by atoms with Crippen LogP contribution in [0.5, 0.6) is 0 Å². The average Bonchev–Trinajstić information content (AvgIpc) is 3.60. The van der Waals surface area contributed by atoms with Gasteiger partial charge in [-0.3, -0.25) is 24.6 Å². The number of nitrogens with one attached hydrogen (secondary N) is 3. The molecule has 3 amide bonds. The number of anilines is 1. The molecule has 0 atom stereocenters. The molecule has 0 radical (unpaired) electrons. The zero-order valence-electron chi connectivity index (χ0n) is 22.7. The van der Waals surface area contributed by atoms with Crippen LogP contribution in [-0.4, -0.2) is 57.8 Å². The first-order chi connectivity index (χ1) is 20.0. The molecule has 2 fully saturated rings. The fourth-order valence-corrected chi connectivity index (χ4v) is 7.05. The number of carbonyl (C=O) groups excluding carboxylic acids is 3. The van der Waals surface area contributed by atoms with Gasteiger partial charge >= 0.3 is 0 Å². The number of nitrogens with zero attached hydrogens (tertiary/aromatic N) is 3. The summed E-state index contributed by atoms with van der Waals surface area (Å²) in [6.45, 7) is 3.40. The van der Waals surface area contributed by atoms with E-state index in [0.29, 0.717) is 28.6 Å². The summed E-state index contributed by atoms with van der Waals surface area (Å²) in [4.78, 5) is 45.4. The number of rotatable bonds is 6. The Morgan fingerprint density at radius 1 is 1.05 bits per heavy atom. The van der Waals surface area contributed by atoms with Crippen LogP contribution < -0.4 is 16.0 Å². The van der Waals surface area contributed by atoms with Crippen molar-refractivity contribution in [1.82, 2.24) is 25.1 Å². The summed E-state index contributed by atoms with van der Waals surface area (Å²) in [5.41, 5.74) is 3.55. The van der Waals surface area contributed by atoms with E-state index in [1.165, 1.54) is 16.9 Å². The minimum absolute atomic E-state index is 0.0731. The zero-order chi connectivity index (χ0) is 28.0. The standard InChI is InChI=1S/C31H32N6O3S/c38-27(22-8-7-21-15-26-29(40)32-19-31(11-4-12-31)37(26)25(21)16-22)35-30-34-24(18-41-30)28(39)33-23-9-13-36(14-10-23)17-20-5-2-1-3-6-20/h1-3,5-8,15-16,18,23H,4,9-14,17,19H2,(H,32,40)(H,33,39)(H,34,35,38). The van der Waals surface area contributed by atoms with Crippen LogP contribution in [0.1, 0.15) is 69.0 Å². The lowest BCUT2D eigenvalue weighted by Gasteiger charge is -2.47. The predicted molar refractivity (Wildman–Crippen MR) is 158 cm³/mol. The quantitative estimate of drug-likeness (QED) is 0.320. The van der Waals surface area contributed by atoms with Crippen molar-refractivity contribution in [3.63, 3.8) is 0 Å². The Morgan fingerprint density at radius 2 is 1.85 bits per heavy atom. The van der Waals surface area contributed by atoms with Gasteiger partial charge in [-0.05, 0) is 55.9 Å². The van der Waals surface area contributed by atoms with Crippen LogP contribution in [0, 0.1) is 0 Å². The Balaban J connectivity index is 0.983. The fourth-order valence-electron chi connectivity index (χ4n) is 6.36. The second-order valence-corrected chi connectivity index (χ2v) is 12.3. The number of benzene rings is 2. The predicted octanol–water partition coefficient (Wildman–Crippen LogP) is 4.37. The van der Waals surface area contributed by atoms with Gasteiger partial charge in [0.25, 0.3) is 17.7 Å². The molecule has 4 heterocycles. The molecule has 10 heteroatoms. The maximum Gasteiger partial charge on any atom is 0.271 e. The zero-order valence-corrected chi connectivity index (χ0v) is 23.5. The Kier molecular flexibility index (Phi) is 6.59. The second-order valence-electron chi connectivity index (χ2n) is 11.4. The van der Waals surface area contributed by atoms with Crippen LogP contribution in [0.25, 0.3) is 10.9 Å². The molecule has 9 nitrogen and oxygen atoms in total. The van der Waals surface area contributed by atoms with Crippen molar-refractivity contribution in [2.24, 2.45) is 0 Å². The van der Waals surface area contributed by atoms with Gasteiger partial charge in [-0.25, -0.2) is 4.98 Å². The van der Waals surface area contributed by atoms with Crippen molar-refractivity contribution in [2.75, 3.05) is 25.0 Å². The molecule has 2 aromatic heterocycles. The molecule has 210 valence electrons. The third-order valence-electron chi connectivity index (χ3n) is 8.76. The molecule has 1 saturated heterocycles. The first-order valence-corrected chi connectivity index (χ1v) is 15.1. The van der Waals surface area contributed by atoms with Gasteiger partial charge in [-0.15, -0.1) is 11.3 Å². The lowest BCUT2D eigenvalue weighted by molar-refractivity contribution is 0.0763. The number of fused-ring (bicyclic) bond motifs is 4. The molecule has 2 aliphatic heterocycles. The van der Waals surface area contributed by atoms with Crippen molar-refractivity contribution in [2.45, 2.75) is 50.2 Å². The van der Waals surface area contributed by atoms with E-state index in [9.17, 15) is 14.4 Å². The summed E-state index contributed by atoms with van der Waals surface area (Å²) in [6, 6.07) is 18.0. The van der Waals surface area contributed by atoms with Crippen molar-refractivity contribution in [3.05, 3.63) is 82.5 Å². The van der Waals surface area contributed by atoms with E-state index in [2.05, 4.69) is 54.7 Å². The summed E-state index contributed by atoms with van der Waals surface area (Å²) < 4.78 is 2.14. The minimum atomic E-state index is -0.294. The van der Waals surface area contributed by atoms with Gasteiger partial charge in [0.2, 0.25) is 0 Å². The lowest BCUT2D eigenvalue weighted by atomic mass is 9.75. The van der Waals surface area contributed by atoms with Crippen molar-refractivity contribution in [1.29, 1.82) is 0 Å². The number of hydrogen-bond donors (Lipinski definition) is 3. The highest BCUT2D eigenvalue weighted by atomic mass is 32.1. The largest absolute Gasteiger partial charge is 0.348 e. The van der Waals surface area contributed by atoms with Gasteiger partial charge in [0.15, 0.2) is 5.13 Å². The molecule has 7 rings (SSSR count). The fraction of sp³-hybridized carbons (Fsp3) is 0.355. The molecular formula is C31H32N6O3S. The van der Waals surface area contributed by atoms with E-state index in [0.717, 1.165) is 62.6 Å². The molecule has 0 bridgehead atoms. The molecule has 1 spiro atoms. The first kappa shape index (κ1) is 25.9. The van der Waals surface area contributed by atoms with Crippen LogP contribution in [0.15, 0.2) is 60.0 Å². The van der Waals surface area contributed by atoms with Gasteiger partial charge in [-0.1, -0.05) is 36.4 Å². The van der Waals surface area contributed by atoms with Crippen molar-refractivity contribution < 1.29 is 14.4 Å². The average molecular weight is 569 g/mol. The van der Waals surface area contributed by atoms with Gasteiger partial charge in [0.05, 0.1) is 11.1 Å². The number of piperidine rings is 1. The van der Waals surface area contributed by atoms with Crippen LogP contribution in [0.2, 0.25) is 0 Å². The molecular weight excluding hydrogens is 536 g/mol. The maximum atomic E-state index is 13.2. The third kappa shape index (κ3) is 4.91. The number of carbonyl (C=O) groups is 3. The number of hydrogen-bond acceptors (Lipinski definition) is 6. The molecule has 0 unspecified atom stereocenters. The van der Waals surface area contributed by atoms with Crippen LogP contribution in [0.4, 0.5) is 5.13 Å². The smallest absolute Gasteiger partial charge is 0.271 e. The second kappa shape index (κ2) is 10.4. The van der Waals surface area contributed by atoms with E-state index in [1.807, 2.05) is 24.3 Å². The molecule has 41 heavy (non-hydrogen) atoms. The number of likely N-dealkylation sites (tertiary alicyclic amines) is 1. The Bertz CT molecular complexity index is 1630. The van der Waals surface area contributed by atoms with Crippen LogP contribution in [-0.2, 0) is 12.1 Å². The molecule has 2 aromatic carbocycles. The summed E-state index contributed by atoms with van der Waals surface area (Å²) in [6.07, 6.45) is 4.93. The minimum Gasteiger partial charge on any atom is -0.348 e. The maximum absolute atomic E-state index is 13.2. The molecule has 1 aliphatic carbocycles. The normalized spacial score (nSPS) is 18.5. The number of amides is 3. The van der Waals surface area contributed by atoms with Gasteiger partial charge in [0, 0.05) is 48.6 Å². The summed E-state index contributed by atoms with van der Waals surface area (Å²) in [7, 11) is 0. The van der Waals surface area contributed by atoms with Gasteiger partial charge in [0.1, 0.15) is 11.4 Å². The molecule has 1 saturated carbocycles. The Morgan fingerprint density at radius 3 is 2.61 bits per heavy atom. The van der Waals surface area contributed by atoms with E-state index < -0.39 is 0 Å². The topological polar surface area (TPSA) is 108 Å². The van der Waals surface area contributed by atoms with Crippen LogP contribution in [0.3, 0.4) is 0 Å². The Hall–Kier alpha value is -4.02. The SMILES string of the molecule is O=C(Nc1nc(C(=O)NC2CCN(Cc3ccccc3)CC2)cs1)c1ccc2cc3n(c2c1)C1(CCC1)CNC3=O. The highest BCUT2D eigenvalue weighted by Crippen LogP contribution is 2.44. The van der Waals surface area contributed by atoms with Gasteiger partial charge in [-0.2, -0.15) is 0 Å².